The number of amides is 1. The minimum Gasteiger partial charge on any atom is -0.481 e. The molecule has 22 heavy (non-hydrogen) atoms. The van der Waals surface area contributed by atoms with Gasteiger partial charge >= 0.3 is 5.97 Å². The number of rotatable bonds is 6. The summed E-state index contributed by atoms with van der Waals surface area (Å²) in [4.78, 5) is 22.6. The van der Waals surface area contributed by atoms with E-state index in [2.05, 4.69) is 38.2 Å². The monoisotopic (exact) mass is 308 g/mol. The molecule has 0 heterocycles. The van der Waals surface area contributed by atoms with Crippen LogP contribution in [0.1, 0.15) is 52.9 Å². The van der Waals surface area contributed by atoms with E-state index in [-0.39, 0.29) is 17.9 Å². The molecule has 0 aromatic rings. The minimum absolute atomic E-state index is 0.300. The van der Waals surface area contributed by atoms with Crippen molar-refractivity contribution in [2.45, 2.75) is 64.5 Å². The van der Waals surface area contributed by atoms with Crippen molar-refractivity contribution in [2.75, 3.05) is 0 Å². The third kappa shape index (κ3) is 3.88. The highest BCUT2D eigenvalue weighted by atomic mass is 16.4. The van der Waals surface area contributed by atoms with Crippen molar-refractivity contribution in [2.24, 2.45) is 23.0 Å². The van der Waals surface area contributed by atoms with Crippen molar-refractivity contribution >= 4 is 11.9 Å². The van der Waals surface area contributed by atoms with Crippen molar-refractivity contribution in [3.05, 3.63) is 12.2 Å². The highest BCUT2D eigenvalue weighted by Crippen LogP contribution is 2.48. The number of aliphatic carboxylic acids is 1. The molecule has 2 fully saturated rings. The Hall–Kier alpha value is -1.36. The average molecular weight is 308 g/mol. The first-order chi connectivity index (χ1) is 10.2. The second kappa shape index (κ2) is 6.03. The third-order valence-corrected chi connectivity index (χ3v) is 5.27. The lowest BCUT2D eigenvalue weighted by Gasteiger charge is -2.27. The molecule has 2 aliphatic carbocycles. The number of carboxylic acid groups (broad SMARTS) is 1. The second-order valence-corrected chi connectivity index (χ2v) is 7.74. The van der Waals surface area contributed by atoms with Crippen LogP contribution in [0.2, 0.25) is 0 Å². The summed E-state index contributed by atoms with van der Waals surface area (Å²) in [5.74, 6) is -0.241. The smallest absolute Gasteiger partial charge is 0.305 e. The van der Waals surface area contributed by atoms with Crippen LogP contribution in [0.15, 0.2) is 12.2 Å². The Morgan fingerprint density at radius 3 is 2.45 bits per heavy atom. The zero-order valence-electron chi connectivity index (χ0n) is 13.8. The molecule has 2 unspecified atom stereocenters. The number of carbonyl (C=O) groups is 2. The summed E-state index contributed by atoms with van der Waals surface area (Å²) in [5, 5.41) is 11.6. The van der Waals surface area contributed by atoms with Crippen LogP contribution in [0.3, 0.4) is 0 Å². The largest absolute Gasteiger partial charge is 0.481 e. The van der Waals surface area contributed by atoms with Crippen LogP contribution in [-0.2, 0) is 9.59 Å². The maximum atomic E-state index is 12.0. The molecule has 0 aliphatic heterocycles. The maximum Gasteiger partial charge on any atom is 0.305 e. The predicted molar refractivity (Wildman–Crippen MR) is 85.1 cm³/mol. The topological polar surface area (TPSA) is 92.4 Å². The molecule has 0 saturated heterocycles. The van der Waals surface area contributed by atoms with Crippen LogP contribution in [0, 0.1) is 17.3 Å². The average Bonchev–Trinajstić information content (AvgIpc) is 3.09. The number of hydrogen-bond donors (Lipinski definition) is 3. The predicted octanol–water partition coefficient (Wildman–Crippen LogP) is 2.07. The van der Waals surface area contributed by atoms with E-state index in [0.29, 0.717) is 17.3 Å². The van der Waals surface area contributed by atoms with Crippen molar-refractivity contribution in [3.63, 3.8) is 0 Å². The number of hydrogen-bond acceptors (Lipinski definition) is 3. The van der Waals surface area contributed by atoms with Gasteiger partial charge in [-0.1, -0.05) is 32.9 Å². The van der Waals surface area contributed by atoms with Gasteiger partial charge in [-0.3, -0.25) is 9.59 Å². The van der Waals surface area contributed by atoms with E-state index < -0.39 is 12.0 Å². The van der Waals surface area contributed by atoms with E-state index in [4.69, 9.17) is 10.8 Å². The molecule has 0 radical (unpaired) electrons. The van der Waals surface area contributed by atoms with Crippen LogP contribution in [0.4, 0.5) is 0 Å². The third-order valence-electron chi connectivity index (χ3n) is 5.27. The van der Waals surface area contributed by atoms with Gasteiger partial charge in [0.1, 0.15) is 0 Å². The van der Waals surface area contributed by atoms with E-state index in [1.807, 2.05) is 0 Å². The van der Waals surface area contributed by atoms with Crippen LogP contribution in [0.25, 0.3) is 0 Å². The van der Waals surface area contributed by atoms with Gasteiger partial charge in [0.25, 0.3) is 0 Å². The Morgan fingerprint density at radius 2 is 2.00 bits per heavy atom. The first-order valence-corrected chi connectivity index (χ1v) is 8.14. The second-order valence-electron chi connectivity index (χ2n) is 7.74. The molecular formula is C17H28N2O3. The van der Waals surface area contributed by atoms with Gasteiger partial charge in [0.05, 0.1) is 18.0 Å². The molecule has 0 spiro atoms. The quantitative estimate of drug-likeness (QED) is 0.655. The standard InChI is InChI=1S/C17H28N2O3/c1-11-4-6-16(2,3)12(11)5-7-17(8-9-17)19-15(22)13(18)10-14(20)21/h5,7,11-13H,4,6,8-10,18H2,1-3H3,(H,19,22)(H,20,21)/t11?,12?,13-/m0/s1. The van der Waals surface area contributed by atoms with E-state index in [1.165, 1.54) is 12.8 Å². The fourth-order valence-electron chi connectivity index (χ4n) is 3.54. The molecule has 1 amide bonds. The fourth-order valence-corrected chi connectivity index (χ4v) is 3.54. The Morgan fingerprint density at radius 1 is 1.36 bits per heavy atom. The molecule has 124 valence electrons. The molecule has 3 atom stereocenters. The van der Waals surface area contributed by atoms with Gasteiger partial charge in [-0.15, -0.1) is 0 Å². The van der Waals surface area contributed by atoms with Crippen LogP contribution >= 0.6 is 0 Å². The lowest BCUT2D eigenvalue weighted by atomic mass is 9.78. The number of nitrogens with one attached hydrogen (secondary N) is 1. The Bertz CT molecular complexity index is 480. The maximum absolute atomic E-state index is 12.0. The van der Waals surface area contributed by atoms with Crippen molar-refractivity contribution in [3.8, 4) is 0 Å². The summed E-state index contributed by atoms with van der Waals surface area (Å²) in [6, 6.07) is -0.981. The first kappa shape index (κ1) is 17.0. The molecule has 5 nitrogen and oxygen atoms in total. The highest BCUT2D eigenvalue weighted by Gasteiger charge is 2.44. The van der Waals surface area contributed by atoms with Gasteiger partial charge in [0, 0.05) is 0 Å². The van der Waals surface area contributed by atoms with Crippen LogP contribution < -0.4 is 11.1 Å². The molecule has 2 aliphatic rings. The zero-order chi connectivity index (χ0) is 16.5. The van der Waals surface area contributed by atoms with Crippen molar-refractivity contribution in [1.29, 1.82) is 0 Å². The number of carboxylic acids is 1. The zero-order valence-corrected chi connectivity index (χ0v) is 13.8. The van der Waals surface area contributed by atoms with Gasteiger partial charge in [0.2, 0.25) is 5.91 Å². The van der Waals surface area contributed by atoms with E-state index in [1.54, 1.807) is 0 Å². The lowest BCUT2D eigenvalue weighted by Crippen LogP contribution is -2.46. The van der Waals surface area contributed by atoms with E-state index in [9.17, 15) is 9.59 Å². The van der Waals surface area contributed by atoms with Crippen molar-refractivity contribution in [1.82, 2.24) is 5.32 Å². The lowest BCUT2D eigenvalue weighted by molar-refractivity contribution is -0.139. The summed E-state index contributed by atoms with van der Waals surface area (Å²) in [5.41, 5.74) is 5.62. The van der Waals surface area contributed by atoms with Gasteiger partial charge in [-0.2, -0.15) is 0 Å². The molecule has 2 rings (SSSR count). The van der Waals surface area contributed by atoms with Crippen molar-refractivity contribution < 1.29 is 14.7 Å². The number of nitrogens with two attached hydrogens (primary N) is 1. The Balaban J connectivity index is 1.96. The van der Waals surface area contributed by atoms with Gasteiger partial charge in [-0.05, 0) is 42.9 Å². The molecule has 5 heteroatoms. The van der Waals surface area contributed by atoms with E-state index in [0.717, 1.165) is 12.8 Å². The number of allylic oxidation sites excluding steroid dienone is 1. The Labute approximate surface area is 132 Å². The van der Waals surface area contributed by atoms with E-state index >= 15 is 0 Å². The SMILES string of the molecule is CC1CCC(C)(C)C1C=CC1(NC(=O)[C@@H](N)CC(=O)O)CC1. The summed E-state index contributed by atoms with van der Waals surface area (Å²) in [7, 11) is 0. The Kier molecular flexibility index (Phi) is 4.66. The van der Waals surface area contributed by atoms with Gasteiger partial charge < -0.3 is 16.2 Å². The molecule has 0 aromatic heterocycles. The van der Waals surface area contributed by atoms with Crippen LogP contribution in [-0.4, -0.2) is 28.6 Å². The number of carbonyl (C=O) groups excluding carboxylic acids is 1. The summed E-state index contributed by atoms with van der Waals surface area (Å²) < 4.78 is 0. The summed E-state index contributed by atoms with van der Waals surface area (Å²) in [6.45, 7) is 6.88. The molecule has 0 aromatic carbocycles. The normalized spacial score (nSPS) is 30.2. The summed E-state index contributed by atoms with van der Waals surface area (Å²) >= 11 is 0. The molecule has 0 bridgehead atoms. The van der Waals surface area contributed by atoms with Gasteiger partial charge in [-0.25, -0.2) is 0 Å². The molecular weight excluding hydrogens is 280 g/mol. The summed E-state index contributed by atoms with van der Waals surface area (Å²) in [6.07, 6.45) is 8.31. The highest BCUT2D eigenvalue weighted by molar-refractivity contribution is 5.86. The first-order valence-electron chi connectivity index (χ1n) is 8.14. The van der Waals surface area contributed by atoms with Gasteiger partial charge in [0.15, 0.2) is 0 Å². The molecule has 4 N–H and O–H groups in total. The minimum atomic E-state index is -1.05. The van der Waals surface area contributed by atoms with Crippen LogP contribution in [0.5, 0.6) is 0 Å². The molecule has 2 saturated carbocycles. The fraction of sp³-hybridized carbons (Fsp3) is 0.765.